The lowest BCUT2D eigenvalue weighted by Crippen LogP contribution is -2.13. The lowest BCUT2D eigenvalue weighted by atomic mass is 10.0. The van der Waals surface area contributed by atoms with Crippen molar-refractivity contribution in [3.05, 3.63) is 96.2 Å². The van der Waals surface area contributed by atoms with E-state index in [9.17, 15) is 4.79 Å². The van der Waals surface area contributed by atoms with Crippen molar-refractivity contribution >= 4 is 34.1 Å². The molecule has 0 unspecified atom stereocenters. The Morgan fingerprint density at radius 3 is 2.52 bits per heavy atom. The maximum atomic E-state index is 12.9. The van der Waals surface area contributed by atoms with Crippen molar-refractivity contribution in [2.24, 2.45) is 0 Å². The van der Waals surface area contributed by atoms with E-state index in [1.54, 1.807) is 6.20 Å². The zero-order valence-electron chi connectivity index (χ0n) is 14.8. The van der Waals surface area contributed by atoms with E-state index in [1.807, 2.05) is 54.6 Å². The number of rotatable bonds is 4. The average molecular weight is 370 g/mol. The minimum absolute atomic E-state index is 0.134. The number of carbonyl (C=O) groups excluding carboxylic acids is 1. The van der Waals surface area contributed by atoms with Gasteiger partial charge in [0.2, 0.25) is 0 Å². The van der Waals surface area contributed by atoms with E-state index in [1.165, 1.54) is 17.3 Å². The highest BCUT2D eigenvalue weighted by Crippen LogP contribution is 2.32. The van der Waals surface area contributed by atoms with Crippen LogP contribution in [0.25, 0.3) is 10.8 Å². The van der Waals surface area contributed by atoms with Gasteiger partial charge in [-0.2, -0.15) is 0 Å². The van der Waals surface area contributed by atoms with Gasteiger partial charge in [0.25, 0.3) is 5.91 Å². The van der Waals surface area contributed by atoms with Gasteiger partial charge in [-0.1, -0.05) is 65.9 Å². The third kappa shape index (κ3) is 3.86. The molecule has 27 heavy (non-hydrogen) atoms. The molecule has 132 valence electrons. The van der Waals surface area contributed by atoms with Crippen LogP contribution in [-0.4, -0.2) is 10.9 Å². The number of fused-ring (bicyclic) bond motifs is 1. The molecule has 0 saturated heterocycles. The highest BCUT2D eigenvalue weighted by Gasteiger charge is 2.13. The van der Waals surface area contributed by atoms with Crippen molar-refractivity contribution in [2.75, 3.05) is 5.32 Å². The van der Waals surface area contributed by atoms with Crippen LogP contribution in [0.15, 0.2) is 95.0 Å². The summed E-state index contributed by atoms with van der Waals surface area (Å²) in [6, 6.07) is 25.6. The van der Waals surface area contributed by atoms with Gasteiger partial charge in [0.05, 0.1) is 5.69 Å². The lowest BCUT2D eigenvalue weighted by molar-refractivity contribution is 0.102. The van der Waals surface area contributed by atoms with Crippen LogP contribution in [0.2, 0.25) is 0 Å². The highest BCUT2D eigenvalue weighted by molar-refractivity contribution is 7.99. The van der Waals surface area contributed by atoms with E-state index in [-0.39, 0.29) is 5.91 Å². The van der Waals surface area contributed by atoms with Gasteiger partial charge in [-0.05, 0) is 48.0 Å². The highest BCUT2D eigenvalue weighted by atomic mass is 32.2. The van der Waals surface area contributed by atoms with E-state index < -0.39 is 0 Å². The van der Waals surface area contributed by atoms with Crippen LogP contribution in [0, 0.1) is 6.92 Å². The summed E-state index contributed by atoms with van der Waals surface area (Å²) in [5.41, 5.74) is 2.58. The number of pyridine rings is 1. The molecular formula is C23H18N2OS. The van der Waals surface area contributed by atoms with Gasteiger partial charge in [-0.25, -0.2) is 4.98 Å². The second-order valence-electron chi connectivity index (χ2n) is 6.25. The third-order valence-corrected chi connectivity index (χ3v) is 5.32. The zero-order valence-corrected chi connectivity index (χ0v) is 15.7. The Hall–Kier alpha value is -3.11. The molecule has 0 fully saturated rings. The Bertz CT molecular complexity index is 1100. The zero-order chi connectivity index (χ0) is 18.6. The summed E-state index contributed by atoms with van der Waals surface area (Å²) < 4.78 is 0. The molecule has 1 aromatic heterocycles. The normalized spacial score (nSPS) is 10.7. The molecule has 0 saturated carbocycles. The molecule has 0 spiro atoms. The van der Waals surface area contributed by atoms with Gasteiger partial charge in [-0.15, -0.1) is 0 Å². The van der Waals surface area contributed by atoms with Gasteiger partial charge in [0.1, 0.15) is 5.03 Å². The Labute approximate surface area is 162 Å². The Morgan fingerprint density at radius 2 is 1.67 bits per heavy atom. The maximum absolute atomic E-state index is 12.9. The van der Waals surface area contributed by atoms with Gasteiger partial charge >= 0.3 is 0 Å². The maximum Gasteiger partial charge on any atom is 0.256 e. The fourth-order valence-electron chi connectivity index (χ4n) is 2.90. The second-order valence-corrected chi connectivity index (χ2v) is 7.31. The first kappa shape index (κ1) is 17.3. The molecule has 1 amide bonds. The predicted octanol–water partition coefficient (Wildman–Crippen LogP) is 5.95. The molecule has 0 atom stereocenters. The molecule has 0 radical (unpaired) electrons. The van der Waals surface area contributed by atoms with Crippen LogP contribution >= 0.6 is 11.8 Å². The van der Waals surface area contributed by atoms with Crippen LogP contribution in [0.4, 0.5) is 5.69 Å². The molecule has 4 aromatic rings. The fraction of sp³-hybridized carbons (Fsp3) is 0.0435. The summed E-state index contributed by atoms with van der Waals surface area (Å²) in [5, 5.41) is 5.79. The Kier molecular flexibility index (Phi) is 4.90. The largest absolute Gasteiger partial charge is 0.320 e. The van der Waals surface area contributed by atoms with E-state index in [4.69, 9.17) is 0 Å². The number of amides is 1. The third-order valence-electron chi connectivity index (χ3n) is 4.29. The van der Waals surface area contributed by atoms with E-state index >= 15 is 0 Å². The first-order valence-corrected chi connectivity index (χ1v) is 9.51. The molecule has 0 bridgehead atoms. The number of hydrogen-bond acceptors (Lipinski definition) is 3. The summed E-state index contributed by atoms with van der Waals surface area (Å²) in [7, 11) is 0. The van der Waals surface area contributed by atoms with E-state index in [0.29, 0.717) is 11.3 Å². The topological polar surface area (TPSA) is 42.0 Å². The molecule has 1 heterocycles. The van der Waals surface area contributed by atoms with Crippen molar-refractivity contribution in [3.63, 3.8) is 0 Å². The predicted molar refractivity (Wildman–Crippen MR) is 111 cm³/mol. The molecule has 0 aliphatic heterocycles. The molecule has 4 heteroatoms. The Morgan fingerprint density at radius 1 is 0.889 bits per heavy atom. The molecule has 1 N–H and O–H groups in total. The number of anilines is 1. The van der Waals surface area contributed by atoms with Crippen molar-refractivity contribution in [1.29, 1.82) is 0 Å². The van der Waals surface area contributed by atoms with E-state index in [0.717, 1.165) is 20.7 Å². The number of nitrogens with one attached hydrogen (secondary N) is 1. The number of nitrogens with zero attached hydrogens (tertiary/aromatic N) is 1. The van der Waals surface area contributed by atoms with Crippen LogP contribution in [0.1, 0.15) is 15.9 Å². The van der Waals surface area contributed by atoms with E-state index in [2.05, 4.69) is 41.5 Å². The smallest absolute Gasteiger partial charge is 0.256 e. The summed E-state index contributed by atoms with van der Waals surface area (Å²) in [4.78, 5) is 18.5. The number of hydrogen-bond donors (Lipinski definition) is 1. The molecule has 0 aliphatic carbocycles. The first-order valence-electron chi connectivity index (χ1n) is 8.69. The molecule has 0 aliphatic rings. The van der Waals surface area contributed by atoms with Gasteiger partial charge in [-0.3, -0.25) is 4.79 Å². The minimum Gasteiger partial charge on any atom is -0.320 e. The van der Waals surface area contributed by atoms with Crippen molar-refractivity contribution in [1.82, 2.24) is 4.98 Å². The van der Waals surface area contributed by atoms with Crippen molar-refractivity contribution in [2.45, 2.75) is 16.8 Å². The van der Waals surface area contributed by atoms with Crippen LogP contribution < -0.4 is 5.32 Å². The minimum atomic E-state index is -0.134. The summed E-state index contributed by atoms with van der Waals surface area (Å²) in [5.74, 6) is -0.134. The first-order chi connectivity index (χ1) is 13.2. The molecule has 3 nitrogen and oxygen atoms in total. The lowest BCUT2D eigenvalue weighted by Gasteiger charge is -2.11. The molecule has 3 aromatic carbocycles. The quantitative estimate of drug-likeness (QED) is 0.483. The van der Waals surface area contributed by atoms with Crippen LogP contribution in [0.5, 0.6) is 0 Å². The monoisotopic (exact) mass is 370 g/mol. The van der Waals surface area contributed by atoms with Gasteiger partial charge < -0.3 is 5.32 Å². The fourth-order valence-corrected chi connectivity index (χ4v) is 3.74. The standard InChI is InChI=1S/C23H18N2OS/c1-16-11-13-18(14-12-16)27-23-21(10-5-15-24-23)25-22(26)20-9-4-7-17-6-2-3-8-19(17)20/h2-15H,1H3,(H,25,26). The molecule has 4 rings (SSSR count). The average Bonchev–Trinajstić information content (AvgIpc) is 2.70. The van der Waals surface area contributed by atoms with Crippen LogP contribution in [-0.2, 0) is 0 Å². The number of benzene rings is 3. The SMILES string of the molecule is Cc1ccc(Sc2ncccc2NC(=O)c2cccc3ccccc23)cc1. The van der Waals surface area contributed by atoms with Gasteiger partial charge in [0.15, 0.2) is 0 Å². The number of aromatic nitrogens is 1. The number of carbonyl (C=O) groups is 1. The number of aryl methyl sites for hydroxylation is 1. The second kappa shape index (κ2) is 7.64. The van der Waals surface area contributed by atoms with Crippen LogP contribution in [0.3, 0.4) is 0 Å². The summed E-state index contributed by atoms with van der Waals surface area (Å²) in [6.07, 6.45) is 1.74. The summed E-state index contributed by atoms with van der Waals surface area (Å²) >= 11 is 1.54. The van der Waals surface area contributed by atoms with Crippen molar-refractivity contribution < 1.29 is 4.79 Å². The molecular weight excluding hydrogens is 352 g/mol. The van der Waals surface area contributed by atoms with Crippen molar-refractivity contribution in [3.8, 4) is 0 Å². The summed E-state index contributed by atoms with van der Waals surface area (Å²) in [6.45, 7) is 2.06. The Balaban J connectivity index is 1.62. The van der Waals surface area contributed by atoms with Gasteiger partial charge in [0, 0.05) is 16.7 Å².